The van der Waals surface area contributed by atoms with Crippen molar-refractivity contribution in [3.05, 3.63) is 17.2 Å². The van der Waals surface area contributed by atoms with Gasteiger partial charge in [-0.2, -0.15) is 5.26 Å². The van der Waals surface area contributed by atoms with E-state index in [1.807, 2.05) is 6.07 Å². The van der Waals surface area contributed by atoms with Crippen molar-refractivity contribution in [2.24, 2.45) is 0 Å². The van der Waals surface area contributed by atoms with Crippen molar-refractivity contribution in [1.29, 1.82) is 5.26 Å². The Balaban J connectivity index is 2.97. The molecule has 0 fully saturated rings. The Morgan fingerprint density at radius 2 is 2.20 bits per heavy atom. The summed E-state index contributed by atoms with van der Waals surface area (Å²) in [6, 6.07) is 2.02. The number of H-pyrrole nitrogens is 1. The molecule has 0 amide bonds. The van der Waals surface area contributed by atoms with Crippen molar-refractivity contribution in [1.82, 2.24) is 9.97 Å². The number of hydrogen-bond donors (Lipinski definition) is 2. The van der Waals surface area contributed by atoms with Gasteiger partial charge < -0.3 is 10.1 Å². The van der Waals surface area contributed by atoms with Gasteiger partial charge in [0.25, 0.3) is 0 Å². The van der Waals surface area contributed by atoms with Crippen molar-refractivity contribution in [2.75, 3.05) is 0 Å². The fourth-order valence-electron chi connectivity index (χ4n) is 1.41. The predicted molar refractivity (Wildman–Crippen MR) is 57.2 cm³/mol. The number of nitrogens with one attached hydrogen (secondary N) is 1. The van der Waals surface area contributed by atoms with Gasteiger partial charge >= 0.3 is 0 Å². The zero-order valence-electron chi connectivity index (χ0n) is 9.46. The third-order valence-corrected chi connectivity index (χ3v) is 2.21. The quantitative estimate of drug-likeness (QED) is 0.791. The number of aryl methyl sites for hydroxylation is 1. The normalized spacial score (nSPS) is 11.4. The Morgan fingerprint density at radius 1 is 1.53 bits per heavy atom. The summed E-state index contributed by atoms with van der Waals surface area (Å²) in [6.45, 7) is 5.37. The highest BCUT2D eigenvalue weighted by molar-refractivity contribution is 5.31. The van der Waals surface area contributed by atoms with Gasteiger partial charge in [-0.1, -0.05) is 13.3 Å². The summed E-state index contributed by atoms with van der Waals surface area (Å²) >= 11 is 0. The van der Waals surface area contributed by atoms with Crippen molar-refractivity contribution < 1.29 is 5.11 Å². The molecule has 0 atom stereocenters. The Kier molecular flexibility index (Phi) is 3.48. The minimum Gasteiger partial charge on any atom is -0.384 e. The van der Waals surface area contributed by atoms with E-state index in [2.05, 4.69) is 16.9 Å². The molecular weight excluding hydrogens is 190 g/mol. The first-order chi connectivity index (χ1) is 6.99. The van der Waals surface area contributed by atoms with Crippen molar-refractivity contribution in [3.8, 4) is 6.07 Å². The standard InChI is InChI=1S/C11H17N3O/c1-4-5-6-9-13-8(7-12)10(14-9)11(2,3)15/h15H,4-6H2,1-3H3,(H,13,14). The molecule has 0 saturated heterocycles. The van der Waals surface area contributed by atoms with E-state index < -0.39 is 5.60 Å². The van der Waals surface area contributed by atoms with Gasteiger partial charge in [-0.25, -0.2) is 4.98 Å². The van der Waals surface area contributed by atoms with E-state index in [1.165, 1.54) is 0 Å². The van der Waals surface area contributed by atoms with Gasteiger partial charge in [0, 0.05) is 6.42 Å². The summed E-state index contributed by atoms with van der Waals surface area (Å²) in [5.74, 6) is 0.783. The largest absolute Gasteiger partial charge is 0.384 e. The van der Waals surface area contributed by atoms with Gasteiger partial charge in [-0.05, 0) is 20.3 Å². The number of aromatic amines is 1. The summed E-state index contributed by atoms with van der Waals surface area (Å²) in [4.78, 5) is 7.20. The Morgan fingerprint density at radius 3 is 2.60 bits per heavy atom. The maximum atomic E-state index is 9.81. The van der Waals surface area contributed by atoms with Crippen LogP contribution in [-0.4, -0.2) is 15.1 Å². The van der Waals surface area contributed by atoms with Gasteiger partial charge in [0.05, 0.1) is 0 Å². The molecule has 82 valence electrons. The van der Waals surface area contributed by atoms with E-state index in [-0.39, 0.29) is 0 Å². The van der Waals surface area contributed by atoms with Gasteiger partial charge in [0.2, 0.25) is 0 Å². The van der Waals surface area contributed by atoms with Crippen molar-refractivity contribution in [2.45, 2.75) is 45.6 Å². The topological polar surface area (TPSA) is 72.7 Å². The van der Waals surface area contributed by atoms with Crippen LogP contribution in [0.1, 0.15) is 50.8 Å². The molecule has 0 aliphatic heterocycles. The fourth-order valence-corrected chi connectivity index (χ4v) is 1.41. The molecule has 1 aromatic heterocycles. The van der Waals surface area contributed by atoms with E-state index in [9.17, 15) is 5.11 Å². The monoisotopic (exact) mass is 207 g/mol. The second kappa shape index (κ2) is 4.45. The summed E-state index contributed by atoms with van der Waals surface area (Å²) < 4.78 is 0. The summed E-state index contributed by atoms with van der Waals surface area (Å²) in [5, 5.41) is 18.7. The maximum Gasteiger partial charge on any atom is 0.143 e. The van der Waals surface area contributed by atoms with Gasteiger partial charge in [-0.15, -0.1) is 0 Å². The minimum absolute atomic E-state index is 0.369. The van der Waals surface area contributed by atoms with Crippen LogP contribution in [0.15, 0.2) is 0 Å². The van der Waals surface area contributed by atoms with Gasteiger partial charge in [0.15, 0.2) is 0 Å². The molecule has 0 unspecified atom stereocenters. The van der Waals surface area contributed by atoms with Crippen LogP contribution in [0, 0.1) is 11.3 Å². The summed E-state index contributed by atoms with van der Waals surface area (Å²) in [7, 11) is 0. The average Bonchev–Trinajstić information content (AvgIpc) is 2.57. The summed E-state index contributed by atoms with van der Waals surface area (Å²) in [5.41, 5.74) is -0.254. The number of hydrogen-bond acceptors (Lipinski definition) is 3. The lowest BCUT2D eigenvalue weighted by Gasteiger charge is -2.13. The highest BCUT2D eigenvalue weighted by atomic mass is 16.3. The molecule has 0 aliphatic carbocycles. The van der Waals surface area contributed by atoms with Gasteiger partial charge in [0.1, 0.15) is 28.9 Å². The molecule has 1 aromatic rings. The molecule has 0 radical (unpaired) electrons. The molecular formula is C11H17N3O. The number of imidazole rings is 1. The Labute approximate surface area is 90.0 Å². The van der Waals surface area contributed by atoms with Crippen LogP contribution < -0.4 is 0 Å². The molecule has 4 heteroatoms. The second-order valence-electron chi connectivity index (χ2n) is 4.18. The summed E-state index contributed by atoms with van der Waals surface area (Å²) in [6.07, 6.45) is 2.94. The number of nitrogens with zero attached hydrogens (tertiary/aromatic N) is 2. The second-order valence-corrected chi connectivity index (χ2v) is 4.18. The van der Waals surface area contributed by atoms with Crippen LogP contribution in [0.5, 0.6) is 0 Å². The SMILES string of the molecule is CCCCc1nc(C(C)(C)O)c(C#N)[nH]1. The van der Waals surface area contributed by atoms with Crippen LogP contribution in [-0.2, 0) is 12.0 Å². The average molecular weight is 207 g/mol. The first-order valence-corrected chi connectivity index (χ1v) is 5.21. The lowest BCUT2D eigenvalue weighted by molar-refractivity contribution is 0.0739. The molecule has 2 N–H and O–H groups in total. The molecule has 0 aromatic carbocycles. The highest BCUT2D eigenvalue weighted by Gasteiger charge is 2.24. The third-order valence-electron chi connectivity index (χ3n) is 2.21. The molecule has 0 aliphatic rings. The van der Waals surface area contributed by atoms with Crippen LogP contribution in [0.4, 0.5) is 0 Å². The van der Waals surface area contributed by atoms with Gasteiger partial charge in [-0.3, -0.25) is 0 Å². The predicted octanol–water partition coefficient (Wildman–Crippen LogP) is 1.85. The zero-order chi connectivity index (χ0) is 11.5. The first kappa shape index (κ1) is 11.7. The van der Waals surface area contributed by atoms with Crippen LogP contribution in [0.25, 0.3) is 0 Å². The highest BCUT2D eigenvalue weighted by Crippen LogP contribution is 2.21. The maximum absolute atomic E-state index is 9.81. The molecule has 4 nitrogen and oxygen atoms in total. The number of aromatic nitrogens is 2. The number of unbranched alkanes of at least 4 members (excludes halogenated alkanes) is 1. The van der Waals surface area contributed by atoms with Crippen LogP contribution in [0.3, 0.4) is 0 Å². The van der Waals surface area contributed by atoms with E-state index in [0.29, 0.717) is 11.4 Å². The molecule has 15 heavy (non-hydrogen) atoms. The zero-order valence-corrected chi connectivity index (χ0v) is 9.46. The van der Waals surface area contributed by atoms with E-state index in [4.69, 9.17) is 5.26 Å². The fraction of sp³-hybridized carbons (Fsp3) is 0.636. The van der Waals surface area contributed by atoms with E-state index >= 15 is 0 Å². The van der Waals surface area contributed by atoms with E-state index in [1.54, 1.807) is 13.8 Å². The number of nitriles is 1. The lowest BCUT2D eigenvalue weighted by Crippen LogP contribution is -2.17. The number of rotatable bonds is 4. The van der Waals surface area contributed by atoms with Crippen LogP contribution in [0.2, 0.25) is 0 Å². The Bertz CT molecular complexity index is 368. The Hall–Kier alpha value is -1.34. The molecule has 0 spiro atoms. The van der Waals surface area contributed by atoms with Crippen molar-refractivity contribution in [3.63, 3.8) is 0 Å². The molecule has 1 heterocycles. The molecule has 1 rings (SSSR count). The molecule has 0 bridgehead atoms. The van der Waals surface area contributed by atoms with E-state index in [0.717, 1.165) is 25.1 Å². The van der Waals surface area contributed by atoms with Crippen molar-refractivity contribution >= 4 is 0 Å². The number of aliphatic hydroxyl groups is 1. The van der Waals surface area contributed by atoms with Crippen LogP contribution >= 0.6 is 0 Å². The first-order valence-electron chi connectivity index (χ1n) is 5.21. The smallest absolute Gasteiger partial charge is 0.143 e. The lowest BCUT2D eigenvalue weighted by atomic mass is 10.0. The third kappa shape index (κ3) is 2.80. The molecule has 0 saturated carbocycles. The minimum atomic E-state index is -1.06.